The molecule has 8 nitrogen and oxygen atoms in total. The number of hydrogen-bond donors (Lipinski definition) is 2. The Kier molecular flexibility index (Phi) is 6.53. The Hall–Kier alpha value is -2.49. The van der Waals surface area contributed by atoms with Crippen LogP contribution in [0.2, 0.25) is 5.02 Å². The van der Waals surface area contributed by atoms with Gasteiger partial charge in [0.25, 0.3) is 11.8 Å². The van der Waals surface area contributed by atoms with Gasteiger partial charge >= 0.3 is 5.97 Å². The van der Waals surface area contributed by atoms with Gasteiger partial charge in [0.15, 0.2) is 6.61 Å². The van der Waals surface area contributed by atoms with Crippen LogP contribution >= 0.6 is 11.6 Å². The van der Waals surface area contributed by atoms with E-state index >= 15 is 0 Å². The summed E-state index contributed by atoms with van der Waals surface area (Å²) in [6.45, 7) is -0.732. The zero-order valence-corrected chi connectivity index (χ0v) is 15.1. The summed E-state index contributed by atoms with van der Waals surface area (Å²) in [5.74, 6) is -5.96. The molecule has 1 aliphatic rings. The van der Waals surface area contributed by atoms with Gasteiger partial charge < -0.3 is 14.7 Å². The van der Waals surface area contributed by atoms with E-state index in [2.05, 4.69) is 0 Å². The van der Waals surface area contributed by atoms with E-state index < -0.39 is 30.2 Å². The first kappa shape index (κ1) is 20.8. The van der Waals surface area contributed by atoms with Gasteiger partial charge in [-0.1, -0.05) is 17.7 Å². The molecule has 2 unspecified atom stereocenters. The molecule has 1 fully saturated rings. The molecule has 27 heavy (non-hydrogen) atoms. The second kappa shape index (κ2) is 8.47. The number of hydrogen-bond acceptors (Lipinski definition) is 7. The van der Waals surface area contributed by atoms with E-state index in [0.29, 0.717) is 5.02 Å². The molecule has 1 aliphatic heterocycles. The molecule has 2 rings (SSSR count). The summed E-state index contributed by atoms with van der Waals surface area (Å²) < 4.78 is 24.8. The highest BCUT2D eigenvalue weighted by molar-refractivity contribution is 6.30. The number of ether oxygens (including phenoxy) is 2. The van der Waals surface area contributed by atoms with Crippen molar-refractivity contribution >= 4 is 29.9 Å². The minimum atomic E-state index is -2.41. The molecular formula is C17H18ClFN2O6. The van der Waals surface area contributed by atoms with Crippen LogP contribution in [0.5, 0.6) is 0 Å². The van der Waals surface area contributed by atoms with E-state index in [1.54, 1.807) is 12.1 Å². The second-order valence-corrected chi connectivity index (χ2v) is 6.30. The number of benzene rings is 1. The van der Waals surface area contributed by atoms with Crippen molar-refractivity contribution in [3.63, 3.8) is 0 Å². The number of aliphatic hydroxyl groups is 1. The van der Waals surface area contributed by atoms with E-state index in [9.17, 15) is 23.9 Å². The van der Waals surface area contributed by atoms with Crippen molar-refractivity contribution < 1.29 is 33.4 Å². The van der Waals surface area contributed by atoms with E-state index in [-0.39, 0.29) is 24.8 Å². The van der Waals surface area contributed by atoms with Gasteiger partial charge in [-0.2, -0.15) is 0 Å². The number of alkyl halides is 1. The number of amides is 2. The Balaban J connectivity index is 1.95. The van der Waals surface area contributed by atoms with Crippen LogP contribution in [0.15, 0.2) is 36.5 Å². The van der Waals surface area contributed by atoms with Crippen LogP contribution < -0.4 is 5.32 Å². The van der Waals surface area contributed by atoms with Gasteiger partial charge in [0.1, 0.15) is 0 Å². The molecule has 2 N–H and O–H groups in total. The lowest BCUT2D eigenvalue weighted by molar-refractivity contribution is -0.317. The van der Waals surface area contributed by atoms with E-state index in [0.717, 1.165) is 17.2 Å². The van der Waals surface area contributed by atoms with Crippen molar-refractivity contribution in [1.82, 2.24) is 10.2 Å². The lowest BCUT2D eigenvalue weighted by Crippen LogP contribution is -2.46. The summed E-state index contributed by atoms with van der Waals surface area (Å²) in [4.78, 5) is 34.4. The molecule has 0 radical (unpaired) electrons. The van der Waals surface area contributed by atoms with Crippen molar-refractivity contribution in [3.8, 4) is 0 Å². The monoisotopic (exact) mass is 400 g/mol. The van der Waals surface area contributed by atoms with Crippen LogP contribution in [-0.4, -0.2) is 53.7 Å². The average molecular weight is 401 g/mol. The summed E-state index contributed by atoms with van der Waals surface area (Å²) in [5.41, 5.74) is 0.153. The molecule has 1 heterocycles. The summed E-state index contributed by atoms with van der Waals surface area (Å²) in [6, 6.07) is 5.97. The smallest absolute Gasteiger partial charge is 0.338 e. The first-order valence-corrected chi connectivity index (χ1v) is 8.25. The van der Waals surface area contributed by atoms with Crippen LogP contribution in [0.4, 0.5) is 4.39 Å². The Bertz CT molecular complexity index is 761. The molecule has 146 valence electrons. The van der Waals surface area contributed by atoms with Gasteiger partial charge in [-0.15, -0.1) is 0 Å². The topological polar surface area (TPSA) is 105 Å². The average Bonchev–Trinajstić information content (AvgIpc) is 2.95. The third-order valence-corrected chi connectivity index (χ3v) is 4.09. The Labute approximate surface area is 159 Å². The van der Waals surface area contributed by atoms with Crippen LogP contribution in [0.1, 0.15) is 23.2 Å². The molecule has 1 aromatic carbocycles. The molecule has 1 aromatic rings. The maximum atomic E-state index is 14.8. The third-order valence-electron chi connectivity index (χ3n) is 3.85. The fraction of sp³-hybridized carbons (Fsp3) is 0.353. The fourth-order valence-electron chi connectivity index (χ4n) is 2.37. The summed E-state index contributed by atoms with van der Waals surface area (Å²) >= 11 is 5.79. The minimum absolute atomic E-state index is 0.144. The number of carbonyl (C=O) groups is 3. The van der Waals surface area contributed by atoms with Gasteiger partial charge in [-0.3, -0.25) is 19.6 Å². The predicted molar refractivity (Wildman–Crippen MR) is 92.0 cm³/mol. The maximum absolute atomic E-state index is 14.8. The van der Waals surface area contributed by atoms with Gasteiger partial charge in [0, 0.05) is 37.2 Å². The first-order valence-electron chi connectivity index (χ1n) is 7.87. The summed E-state index contributed by atoms with van der Waals surface area (Å²) in [5, 5.41) is 12.6. The first-order chi connectivity index (χ1) is 12.7. The molecular weight excluding hydrogens is 383 g/mol. The molecule has 0 spiro atoms. The lowest BCUT2D eigenvalue weighted by Gasteiger charge is -2.33. The number of esters is 1. The zero-order valence-electron chi connectivity index (χ0n) is 14.4. The standard InChI is InChI=1S/C17H18ClFN2O6/c1-21(8-5-14(23)20-11-22)17(25)7-6-16(19,27-17)10-26-15(24)12-3-2-4-13(18)9-12/h2-5,8-9,11,25H,6-7,10H2,1H3,(H,20,22,23)/b8-5-. The van der Waals surface area contributed by atoms with Crippen LogP contribution in [-0.2, 0) is 19.1 Å². The maximum Gasteiger partial charge on any atom is 0.338 e. The highest BCUT2D eigenvalue weighted by Gasteiger charge is 2.52. The van der Waals surface area contributed by atoms with E-state index in [1.807, 2.05) is 5.32 Å². The van der Waals surface area contributed by atoms with Crippen molar-refractivity contribution in [2.75, 3.05) is 13.7 Å². The zero-order chi connectivity index (χ0) is 20.1. The normalized spacial score (nSPS) is 24.6. The summed E-state index contributed by atoms with van der Waals surface area (Å²) in [6.07, 6.45) is 1.91. The number of rotatable bonds is 7. The van der Waals surface area contributed by atoms with Crippen LogP contribution in [0, 0.1) is 0 Å². The molecule has 0 saturated carbocycles. The largest absolute Gasteiger partial charge is 0.456 e. The number of nitrogens with zero attached hydrogens (tertiary/aromatic N) is 1. The van der Waals surface area contributed by atoms with Gasteiger partial charge in [0.05, 0.1) is 5.56 Å². The molecule has 2 atom stereocenters. The Morgan fingerprint density at radius 3 is 2.89 bits per heavy atom. The molecule has 10 heteroatoms. The number of halogens is 2. The van der Waals surface area contributed by atoms with Crippen LogP contribution in [0.3, 0.4) is 0 Å². The minimum Gasteiger partial charge on any atom is -0.456 e. The van der Waals surface area contributed by atoms with Crippen LogP contribution in [0.25, 0.3) is 0 Å². The lowest BCUT2D eigenvalue weighted by atomic mass is 10.2. The quantitative estimate of drug-likeness (QED) is 0.308. The fourth-order valence-corrected chi connectivity index (χ4v) is 2.56. The number of imide groups is 1. The predicted octanol–water partition coefficient (Wildman–Crippen LogP) is 1.34. The Morgan fingerprint density at radius 1 is 1.48 bits per heavy atom. The molecule has 0 bridgehead atoms. The van der Waals surface area contributed by atoms with Crippen molar-refractivity contribution in [3.05, 3.63) is 47.1 Å². The van der Waals surface area contributed by atoms with Gasteiger partial charge in [0.2, 0.25) is 12.3 Å². The Morgan fingerprint density at radius 2 is 2.22 bits per heavy atom. The molecule has 2 amide bonds. The third kappa shape index (κ3) is 5.49. The van der Waals surface area contributed by atoms with E-state index in [4.69, 9.17) is 21.1 Å². The highest BCUT2D eigenvalue weighted by Crippen LogP contribution is 2.39. The van der Waals surface area contributed by atoms with Gasteiger partial charge in [-0.05, 0) is 18.2 Å². The second-order valence-electron chi connectivity index (χ2n) is 5.87. The molecule has 0 aliphatic carbocycles. The summed E-state index contributed by atoms with van der Waals surface area (Å²) in [7, 11) is 1.36. The highest BCUT2D eigenvalue weighted by atomic mass is 35.5. The number of nitrogens with one attached hydrogen (secondary N) is 1. The van der Waals surface area contributed by atoms with E-state index in [1.165, 1.54) is 19.2 Å². The molecule has 0 aromatic heterocycles. The SMILES string of the molecule is CN(/C=C\C(=O)NC=O)C1(O)CCC(F)(COC(=O)c2cccc(Cl)c2)O1. The number of carbonyl (C=O) groups excluding carboxylic acids is 3. The van der Waals surface area contributed by atoms with Crippen molar-refractivity contribution in [1.29, 1.82) is 0 Å². The van der Waals surface area contributed by atoms with Crippen molar-refractivity contribution in [2.24, 2.45) is 0 Å². The molecule has 1 saturated heterocycles. The van der Waals surface area contributed by atoms with Crippen molar-refractivity contribution in [2.45, 2.75) is 24.6 Å². The van der Waals surface area contributed by atoms with Gasteiger partial charge in [-0.25, -0.2) is 9.18 Å².